The Morgan fingerprint density at radius 1 is 1.38 bits per heavy atom. The van der Waals surface area contributed by atoms with Gasteiger partial charge in [0.05, 0.1) is 24.2 Å². The molecule has 1 atom stereocenters. The van der Waals surface area contributed by atoms with E-state index in [0.717, 1.165) is 31.2 Å². The van der Waals surface area contributed by atoms with Crippen LogP contribution in [0.15, 0.2) is 27.2 Å². The first-order chi connectivity index (χ1) is 10.3. The maximum Gasteiger partial charge on any atom is 0.276 e. The van der Waals surface area contributed by atoms with Gasteiger partial charge in [-0.05, 0) is 11.4 Å². The van der Waals surface area contributed by atoms with E-state index >= 15 is 0 Å². The first-order valence-electron chi connectivity index (χ1n) is 6.79. The highest BCUT2D eigenvalue weighted by Gasteiger charge is 2.16. The molecule has 0 amide bonds. The lowest BCUT2D eigenvalue weighted by atomic mass is 10.3. The van der Waals surface area contributed by atoms with Crippen LogP contribution in [-0.2, 0) is 4.74 Å². The summed E-state index contributed by atoms with van der Waals surface area (Å²) in [6.45, 7) is 3.90. The van der Waals surface area contributed by atoms with Crippen LogP contribution < -0.4 is 0 Å². The molecule has 0 saturated carbocycles. The molecular formula is C13H17N3O3S2. The topological polar surface area (TPSA) is 71.6 Å². The summed E-state index contributed by atoms with van der Waals surface area (Å²) in [5, 5.41) is 20.5. The van der Waals surface area contributed by atoms with Gasteiger partial charge in [0.15, 0.2) is 0 Å². The van der Waals surface area contributed by atoms with Crippen LogP contribution in [0.1, 0.15) is 0 Å². The lowest BCUT2D eigenvalue weighted by Crippen LogP contribution is -2.41. The first-order valence-corrected chi connectivity index (χ1v) is 8.66. The second-order valence-electron chi connectivity index (χ2n) is 4.73. The number of hydrogen-bond acceptors (Lipinski definition) is 8. The summed E-state index contributed by atoms with van der Waals surface area (Å²) in [6.07, 6.45) is -0.412. The SMILES string of the molecule is OC(CSc1nnc(-c2cccs2)o1)CN1CCOCC1. The van der Waals surface area contributed by atoms with Crippen LogP contribution >= 0.6 is 23.1 Å². The summed E-state index contributed by atoms with van der Waals surface area (Å²) < 4.78 is 10.9. The molecule has 1 fully saturated rings. The molecule has 0 radical (unpaired) electrons. The van der Waals surface area contributed by atoms with E-state index in [1.165, 1.54) is 11.8 Å². The van der Waals surface area contributed by atoms with Crippen molar-refractivity contribution in [2.75, 3.05) is 38.6 Å². The summed E-state index contributed by atoms with van der Waals surface area (Å²) in [5.41, 5.74) is 0. The number of aliphatic hydroxyl groups excluding tert-OH is 1. The van der Waals surface area contributed by atoms with Gasteiger partial charge in [-0.15, -0.1) is 21.5 Å². The fourth-order valence-corrected chi connectivity index (χ4v) is 3.39. The van der Waals surface area contributed by atoms with Gasteiger partial charge in [0.2, 0.25) is 0 Å². The number of aromatic nitrogens is 2. The van der Waals surface area contributed by atoms with Gasteiger partial charge in [-0.2, -0.15) is 0 Å². The highest BCUT2D eigenvalue weighted by Crippen LogP contribution is 2.26. The largest absolute Gasteiger partial charge is 0.410 e. The van der Waals surface area contributed by atoms with Crippen molar-refractivity contribution >= 4 is 23.1 Å². The Morgan fingerprint density at radius 3 is 3.00 bits per heavy atom. The third-order valence-electron chi connectivity index (χ3n) is 3.11. The van der Waals surface area contributed by atoms with Gasteiger partial charge < -0.3 is 14.3 Å². The van der Waals surface area contributed by atoms with Crippen LogP contribution in [0.2, 0.25) is 0 Å². The Labute approximate surface area is 131 Å². The number of thiophene rings is 1. The molecule has 1 saturated heterocycles. The molecule has 0 aromatic carbocycles. The fourth-order valence-electron chi connectivity index (χ4n) is 2.07. The Balaban J connectivity index is 1.46. The van der Waals surface area contributed by atoms with Crippen molar-refractivity contribution in [3.63, 3.8) is 0 Å². The van der Waals surface area contributed by atoms with E-state index in [1.807, 2.05) is 17.5 Å². The number of ether oxygens (including phenoxy) is 1. The first kappa shape index (κ1) is 15.0. The van der Waals surface area contributed by atoms with E-state index in [2.05, 4.69) is 15.1 Å². The molecule has 21 heavy (non-hydrogen) atoms. The number of hydrogen-bond donors (Lipinski definition) is 1. The van der Waals surface area contributed by atoms with Crippen molar-refractivity contribution in [2.45, 2.75) is 11.3 Å². The molecule has 0 aliphatic carbocycles. The summed E-state index contributed by atoms with van der Waals surface area (Å²) in [6, 6.07) is 3.89. The predicted molar refractivity (Wildman–Crippen MR) is 81.6 cm³/mol. The van der Waals surface area contributed by atoms with Crippen LogP contribution in [-0.4, -0.2) is 64.9 Å². The second-order valence-corrected chi connectivity index (χ2v) is 6.65. The van der Waals surface area contributed by atoms with E-state index < -0.39 is 6.10 Å². The van der Waals surface area contributed by atoms with Gasteiger partial charge in [0.1, 0.15) is 0 Å². The molecule has 2 aromatic rings. The van der Waals surface area contributed by atoms with Crippen molar-refractivity contribution in [1.82, 2.24) is 15.1 Å². The van der Waals surface area contributed by atoms with Crippen LogP contribution in [0.25, 0.3) is 10.8 Å². The maximum absolute atomic E-state index is 10.1. The highest BCUT2D eigenvalue weighted by atomic mass is 32.2. The average molecular weight is 327 g/mol. The molecule has 8 heteroatoms. The van der Waals surface area contributed by atoms with E-state index in [-0.39, 0.29) is 0 Å². The number of morpholine rings is 1. The predicted octanol–water partition coefficient (Wildman–Crippen LogP) is 1.58. The Bertz CT molecular complexity index is 541. The molecule has 3 rings (SSSR count). The average Bonchev–Trinajstić information content (AvgIpc) is 3.17. The standard InChI is InChI=1S/C13H17N3O3S2/c17-10(8-16-3-5-18-6-4-16)9-21-13-15-14-12(19-13)11-2-1-7-20-11/h1-2,7,10,17H,3-6,8-9H2. The van der Waals surface area contributed by atoms with E-state index in [4.69, 9.17) is 9.15 Å². The number of aliphatic hydroxyl groups is 1. The van der Waals surface area contributed by atoms with E-state index in [9.17, 15) is 5.11 Å². The smallest absolute Gasteiger partial charge is 0.276 e. The molecule has 1 N–H and O–H groups in total. The zero-order valence-electron chi connectivity index (χ0n) is 11.5. The molecule has 114 valence electrons. The molecule has 1 unspecified atom stereocenters. The van der Waals surface area contributed by atoms with E-state index in [1.54, 1.807) is 11.3 Å². The molecule has 6 nitrogen and oxygen atoms in total. The number of rotatable bonds is 6. The van der Waals surface area contributed by atoms with Crippen molar-refractivity contribution in [3.8, 4) is 10.8 Å². The molecule has 1 aliphatic rings. The normalized spacial score (nSPS) is 18.0. The third kappa shape index (κ3) is 4.27. The molecule has 0 spiro atoms. The minimum absolute atomic E-state index is 0.412. The van der Waals surface area contributed by atoms with Crippen LogP contribution in [0.4, 0.5) is 0 Å². The van der Waals surface area contributed by atoms with Crippen LogP contribution in [0, 0.1) is 0 Å². The van der Waals surface area contributed by atoms with Gasteiger partial charge >= 0.3 is 0 Å². The molecule has 1 aliphatic heterocycles. The Hall–Kier alpha value is -0.930. The zero-order chi connectivity index (χ0) is 14.5. The van der Waals surface area contributed by atoms with Crippen molar-refractivity contribution in [2.24, 2.45) is 0 Å². The van der Waals surface area contributed by atoms with Gasteiger partial charge in [-0.25, -0.2) is 0 Å². The van der Waals surface area contributed by atoms with Crippen molar-refractivity contribution < 1.29 is 14.3 Å². The molecule has 2 aromatic heterocycles. The van der Waals surface area contributed by atoms with Crippen molar-refractivity contribution in [3.05, 3.63) is 17.5 Å². The Morgan fingerprint density at radius 2 is 2.24 bits per heavy atom. The lowest BCUT2D eigenvalue weighted by Gasteiger charge is -2.28. The number of thioether (sulfide) groups is 1. The third-order valence-corrected chi connectivity index (χ3v) is 4.93. The summed E-state index contributed by atoms with van der Waals surface area (Å²) in [5.74, 6) is 1.08. The fraction of sp³-hybridized carbons (Fsp3) is 0.538. The quantitative estimate of drug-likeness (QED) is 0.808. The van der Waals surface area contributed by atoms with Gasteiger partial charge in [-0.3, -0.25) is 4.90 Å². The van der Waals surface area contributed by atoms with Crippen LogP contribution in [0.5, 0.6) is 0 Å². The molecule has 0 bridgehead atoms. The summed E-state index contributed by atoms with van der Waals surface area (Å²) >= 11 is 2.96. The lowest BCUT2D eigenvalue weighted by molar-refractivity contribution is 0.0188. The minimum Gasteiger partial charge on any atom is -0.410 e. The number of nitrogens with zero attached hydrogens (tertiary/aromatic N) is 3. The van der Waals surface area contributed by atoms with Gasteiger partial charge in [0, 0.05) is 25.4 Å². The van der Waals surface area contributed by atoms with E-state index in [0.29, 0.717) is 23.4 Å². The second kappa shape index (κ2) is 7.37. The summed E-state index contributed by atoms with van der Waals surface area (Å²) in [7, 11) is 0. The monoisotopic (exact) mass is 327 g/mol. The minimum atomic E-state index is -0.412. The van der Waals surface area contributed by atoms with Crippen LogP contribution in [0.3, 0.4) is 0 Å². The van der Waals surface area contributed by atoms with Crippen molar-refractivity contribution in [1.29, 1.82) is 0 Å². The van der Waals surface area contributed by atoms with Gasteiger partial charge in [-0.1, -0.05) is 17.8 Å². The maximum atomic E-state index is 10.1. The zero-order valence-corrected chi connectivity index (χ0v) is 13.1. The highest BCUT2D eigenvalue weighted by molar-refractivity contribution is 7.99. The molecule has 3 heterocycles. The number of β-amino-alcohol motifs (C(OH)–C–C–N with tert-alkyl or cyclic N) is 1. The Kier molecular flexibility index (Phi) is 5.26. The molecular weight excluding hydrogens is 310 g/mol. The van der Waals surface area contributed by atoms with Gasteiger partial charge in [0.25, 0.3) is 11.1 Å². The summed E-state index contributed by atoms with van der Waals surface area (Å²) in [4.78, 5) is 3.17.